The third-order valence-corrected chi connectivity index (χ3v) is 6.02. The molecule has 1 aromatic carbocycles. The lowest BCUT2D eigenvalue weighted by Gasteiger charge is -2.42. The van der Waals surface area contributed by atoms with Crippen LogP contribution in [0.25, 0.3) is 0 Å². The minimum absolute atomic E-state index is 0.0294. The highest BCUT2D eigenvalue weighted by Gasteiger charge is 2.44. The molecule has 2 saturated heterocycles. The Balaban J connectivity index is 1.58. The number of carbonyl (C=O) groups excluding carboxylic acids is 1. The number of nitrogens with zero attached hydrogens (tertiary/aromatic N) is 2. The highest BCUT2D eigenvalue weighted by Crippen LogP contribution is 2.47. The summed E-state index contributed by atoms with van der Waals surface area (Å²) in [6, 6.07) is 2.46. The minimum atomic E-state index is -4.60. The van der Waals surface area contributed by atoms with Crippen LogP contribution >= 0.6 is 0 Å². The van der Waals surface area contributed by atoms with Crippen molar-refractivity contribution in [2.24, 2.45) is 0 Å². The second kappa shape index (κ2) is 8.20. The SMILES string of the molecule is CC(C)(C)OC(=O)N[C@@H]1CCN2CCN(c3c(N)ccc(OC4CC4)c3C(F)(F)F)C[C@@H]12. The zero-order valence-electron chi connectivity index (χ0n) is 18.7. The number of alkyl carbamates (subject to hydrolysis) is 1. The molecule has 0 radical (unpaired) electrons. The number of ether oxygens (including phenoxy) is 2. The molecule has 1 amide bonds. The fraction of sp³-hybridized carbons (Fsp3) is 0.682. The molecule has 0 unspecified atom stereocenters. The van der Waals surface area contributed by atoms with Crippen LogP contribution in [0.3, 0.4) is 0 Å². The van der Waals surface area contributed by atoms with Gasteiger partial charge in [0.15, 0.2) is 0 Å². The number of hydrogen-bond acceptors (Lipinski definition) is 6. The summed E-state index contributed by atoms with van der Waals surface area (Å²) in [7, 11) is 0. The van der Waals surface area contributed by atoms with Crippen LogP contribution in [0.2, 0.25) is 0 Å². The van der Waals surface area contributed by atoms with Crippen molar-refractivity contribution in [3.8, 4) is 5.75 Å². The van der Waals surface area contributed by atoms with E-state index in [9.17, 15) is 18.0 Å². The molecule has 10 heteroatoms. The molecule has 32 heavy (non-hydrogen) atoms. The lowest BCUT2D eigenvalue weighted by Crippen LogP contribution is -2.57. The third-order valence-electron chi connectivity index (χ3n) is 6.02. The number of carbonyl (C=O) groups is 1. The van der Waals surface area contributed by atoms with Crippen molar-refractivity contribution in [2.75, 3.05) is 36.8 Å². The zero-order chi connectivity index (χ0) is 23.3. The Morgan fingerprint density at radius 2 is 1.84 bits per heavy atom. The summed E-state index contributed by atoms with van der Waals surface area (Å²) < 4.78 is 53.4. The lowest BCUT2D eigenvalue weighted by atomic mass is 10.0. The maximum Gasteiger partial charge on any atom is 0.422 e. The molecular formula is C22H31F3N4O3. The van der Waals surface area contributed by atoms with Gasteiger partial charge < -0.3 is 25.4 Å². The van der Waals surface area contributed by atoms with Crippen LogP contribution in [-0.4, -0.2) is 61.0 Å². The van der Waals surface area contributed by atoms with Crippen molar-refractivity contribution in [1.82, 2.24) is 10.2 Å². The number of anilines is 2. The summed E-state index contributed by atoms with van der Waals surface area (Å²) >= 11 is 0. The van der Waals surface area contributed by atoms with E-state index in [1.54, 1.807) is 25.7 Å². The normalized spacial score (nSPS) is 24.2. The number of alkyl halides is 3. The van der Waals surface area contributed by atoms with Crippen LogP contribution in [0.15, 0.2) is 12.1 Å². The number of piperazine rings is 1. The maximum absolute atomic E-state index is 14.1. The van der Waals surface area contributed by atoms with Gasteiger partial charge in [-0.1, -0.05) is 0 Å². The molecule has 2 heterocycles. The average Bonchev–Trinajstić information content (AvgIpc) is 3.40. The van der Waals surface area contributed by atoms with Crippen molar-refractivity contribution in [3.63, 3.8) is 0 Å². The first-order valence-corrected chi connectivity index (χ1v) is 11.1. The Morgan fingerprint density at radius 3 is 2.47 bits per heavy atom. The van der Waals surface area contributed by atoms with Crippen molar-refractivity contribution in [2.45, 2.75) is 70.0 Å². The molecule has 1 saturated carbocycles. The first-order valence-electron chi connectivity index (χ1n) is 11.1. The van der Waals surface area contributed by atoms with Crippen LogP contribution in [-0.2, 0) is 10.9 Å². The van der Waals surface area contributed by atoms with E-state index in [0.29, 0.717) is 26.1 Å². The Hall–Kier alpha value is -2.36. The summed E-state index contributed by atoms with van der Waals surface area (Å²) in [6.45, 7) is 7.44. The van der Waals surface area contributed by atoms with E-state index in [1.165, 1.54) is 12.1 Å². The van der Waals surface area contributed by atoms with E-state index < -0.39 is 23.4 Å². The van der Waals surface area contributed by atoms with Gasteiger partial charge in [-0.2, -0.15) is 13.2 Å². The number of benzene rings is 1. The molecule has 0 spiro atoms. The number of nitrogens with two attached hydrogens (primary N) is 1. The van der Waals surface area contributed by atoms with E-state index in [1.807, 2.05) is 0 Å². The molecule has 0 bridgehead atoms. The van der Waals surface area contributed by atoms with E-state index in [-0.39, 0.29) is 35.3 Å². The highest BCUT2D eigenvalue weighted by atomic mass is 19.4. The Kier molecular flexibility index (Phi) is 5.85. The standard InChI is InChI=1S/C22H31F3N4O3/c1-21(2,3)32-20(30)27-15-8-9-28-10-11-29(12-16(15)28)19-14(26)6-7-17(31-13-4-5-13)18(19)22(23,24)25/h6-7,13,15-16H,4-5,8-12,26H2,1-3H3,(H,27,30)/t15-,16+/m1/s1. The predicted octanol–water partition coefficient (Wildman–Crippen LogP) is 3.62. The van der Waals surface area contributed by atoms with Gasteiger partial charge >= 0.3 is 12.3 Å². The first kappa shape index (κ1) is 22.8. The van der Waals surface area contributed by atoms with E-state index in [2.05, 4.69) is 10.2 Å². The van der Waals surface area contributed by atoms with Gasteiger partial charge in [0.25, 0.3) is 0 Å². The van der Waals surface area contributed by atoms with Gasteiger partial charge in [0.05, 0.1) is 23.5 Å². The molecule has 3 fully saturated rings. The van der Waals surface area contributed by atoms with Crippen molar-refractivity contribution < 1.29 is 27.4 Å². The van der Waals surface area contributed by atoms with Gasteiger partial charge in [0.2, 0.25) is 0 Å². The number of hydrogen-bond donors (Lipinski definition) is 2. The van der Waals surface area contributed by atoms with Gasteiger partial charge in [-0.25, -0.2) is 4.79 Å². The molecule has 3 N–H and O–H groups in total. The number of amides is 1. The van der Waals surface area contributed by atoms with Gasteiger partial charge in [0.1, 0.15) is 16.9 Å². The predicted molar refractivity (Wildman–Crippen MR) is 115 cm³/mol. The van der Waals surface area contributed by atoms with E-state index in [0.717, 1.165) is 19.4 Å². The topological polar surface area (TPSA) is 80.1 Å². The number of nitrogen functional groups attached to an aromatic ring is 1. The van der Waals surface area contributed by atoms with Crippen LogP contribution in [0.5, 0.6) is 5.75 Å². The summed E-state index contributed by atoms with van der Waals surface area (Å²) in [5.41, 5.74) is 4.69. The molecular weight excluding hydrogens is 425 g/mol. The second-order valence-corrected chi connectivity index (χ2v) is 9.78. The molecule has 1 aliphatic carbocycles. The van der Waals surface area contributed by atoms with Crippen LogP contribution in [0.4, 0.5) is 29.3 Å². The smallest absolute Gasteiger partial charge is 0.422 e. The molecule has 2 aliphatic heterocycles. The lowest BCUT2D eigenvalue weighted by molar-refractivity contribution is -0.138. The minimum Gasteiger partial charge on any atom is -0.490 e. The molecule has 2 atom stereocenters. The third kappa shape index (κ3) is 5.00. The number of nitrogens with one attached hydrogen (secondary N) is 1. The highest BCUT2D eigenvalue weighted by molar-refractivity contribution is 5.76. The van der Waals surface area contributed by atoms with Crippen molar-refractivity contribution >= 4 is 17.5 Å². The molecule has 7 nitrogen and oxygen atoms in total. The fourth-order valence-electron chi connectivity index (χ4n) is 4.50. The Morgan fingerprint density at radius 1 is 1.12 bits per heavy atom. The average molecular weight is 457 g/mol. The number of fused-ring (bicyclic) bond motifs is 1. The summed E-state index contributed by atoms with van der Waals surface area (Å²) in [6.07, 6.45) is -3.05. The molecule has 1 aromatic rings. The summed E-state index contributed by atoms with van der Waals surface area (Å²) in [4.78, 5) is 16.2. The van der Waals surface area contributed by atoms with Crippen molar-refractivity contribution in [1.29, 1.82) is 0 Å². The number of halogens is 3. The van der Waals surface area contributed by atoms with E-state index in [4.69, 9.17) is 15.2 Å². The van der Waals surface area contributed by atoms with Gasteiger partial charge in [-0.05, 0) is 52.2 Å². The summed E-state index contributed by atoms with van der Waals surface area (Å²) in [5.74, 6) is -0.165. The van der Waals surface area contributed by atoms with Gasteiger partial charge in [0, 0.05) is 32.2 Å². The van der Waals surface area contributed by atoms with Crippen LogP contribution in [0, 0.1) is 0 Å². The van der Waals surface area contributed by atoms with Crippen molar-refractivity contribution in [3.05, 3.63) is 17.7 Å². The molecule has 3 aliphatic rings. The van der Waals surface area contributed by atoms with Gasteiger partial charge in [-0.3, -0.25) is 4.90 Å². The van der Waals surface area contributed by atoms with E-state index >= 15 is 0 Å². The molecule has 4 rings (SSSR count). The second-order valence-electron chi connectivity index (χ2n) is 9.78. The Labute approximate surface area is 186 Å². The molecule has 0 aromatic heterocycles. The number of rotatable bonds is 4. The van der Waals surface area contributed by atoms with Crippen LogP contribution in [0.1, 0.15) is 45.6 Å². The maximum atomic E-state index is 14.1. The molecule has 178 valence electrons. The Bertz CT molecular complexity index is 867. The first-order chi connectivity index (χ1) is 14.9. The fourth-order valence-corrected chi connectivity index (χ4v) is 4.50. The van der Waals surface area contributed by atoms with Gasteiger partial charge in [-0.15, -0.1) is 0 Å². The largest absolute Gasteiger partial charge is 0.490 e. The quantitative estimate of drug-likeness (QED) is 0.674. The summed E-state index contributed by atoms with van der Waals surface area (Å²) in [5, 5.41) is 2.90. The monoisotopic (exact) mass is 456 g/mol. The van der Waals surface area contributed by atoms with Crippen LogP contribution < -0.4 is 20.7 Å². The zero-order valence-corrected chi connectivity index (χ0v) is 18.7.